The number of hydrogen-bond donors (Lipinski definition) is 2. The maximum Gasteiger partial charge on any atom is 0.437 e. The number of carbonyl (C=O) groups is 3. The van der Waals surface area contributed by atoms with Crippen molar-refractivity contribution in [2.75, 3.05) is 6.26 Å². The number of carbonyl (C=O) groups excluding carboxylic acids is 3. The molecule has 142 valence electrons. The molecule has 26 heavy (non-hydrogen) atoms. The zero-order valence-electron chi connectivity index (χ0n) is 15.0. The normalized spacial score (nSPS) is 11.5. The molecule has 0 fully saturated rings. The Morgan fingerprint density at radius 1 is 1.23 bits per heavy atom. The van der Waals surface area contributed by atoms with Crippen molar-refractivity contribution in [2.45, 2.75) is 33.0 Å². The van der Waals surface area contributed by atoms with Crippen LogP contribution in [0.2, 0.25) is 0 Å². The van der Waals surface area contributed by atoms with Crippen LogP contribution in [0.1, 0.15) is 26.3 Å². The number of nitrogens with two attached hydrogens (primary N) is 1. The smallest absolute Gasteiger partial charge is 0.437 e. The number of amidine groups is 1. The second kappa shape index (κ2) is 9.66. The first-order chi connectivity index (χ1) is 12.1. The monoisotopic (exact) mass is 382 g/mol. The molecule has 0 saturated carbocycles. The third-order valence-electron chi connectivity index (χ3n) is 2.60. The molecule has 1 aromatic carbocycles. The molecule has 4 amide bonds. The molecular formula is C16H22N4O5S. The Bertz CT molecular complexity index is 673. The van der Waals surface area contributed by atoms with Crippen molar-refractivity contribution >= 4 is 35.1 Å². The Balaban J connectivity index is 2.76. The van der Waals surface area contributed by atoms with Gasteiger partial charge in [0.25, 0.3) is 0 Å². The lowest BCUT2D eigenvalue weighted by Gasteiger charge is -2.21. The standard InChI is InChI=1S/C16H22N4O5S/c1-16(2,3)25-14(22)18-13(26-4)19-20(12(17)21)15(23)24-10-11-8-6-5-7-9-11/h5-9H,10H2,1-4H3,(H2,17,21)(H,18,19,22). The highest BCUT2D eigenvalue weighted by molar-refractivity contribution is 8.13. The first kappa shape index (κ1) is 21.3. The minimum atomic E-state index is -1.12. The molecule has 0 aliphatic carbocycles. The highest BCUT2D eigenvalue weighted by atomic mass is 32.2. The van der Waals surface area contributed by atoms with Crippen molar-refractivity contribution in [1.29, 1.82) is 0 Å². The van der Waals surface area contributed by atoms with E-state index in [4.69, 9.17) is 15.2 Å². The van der Waals surface area contributed by atoms with E-state index in [1.165, 1.54) is 0 Å². The Morgan fingerprint density at radius 3 is 2.35 bits per heavy atom. The van der Waals surface area contributed by atoms with Gasteiger partial charge in [-0.05, 0) is 32.6 Å². The Hall–Kier alpha value is -2.75. The molecule has 0 radical (unpaired) electrons. The Kier molecular flexibility index (Phi) is 7.91. The lowest BCUT2D eigenvalue weighted by atomic mass is 10.2. The van der Waals surface area contributed by atoms with Gasteiger partial charge in [-0.1, -0.05) is 42.1 Å². The molecule has 0 unspecified atom stereocenters. The van der Waals surface area contributed by atoms with Crippen LogP contribution in [0.25, 0.3) is 0 Å². The molecular weight excluding hydrogens is 360 g/mol. The summed E-state index contributed by atoms with van der Waals surface area (Å²) in [5.41, 5.74) is 7.54. The number of nitrogens with zero attached hydrogens (tertiary/aromatic N) is 2. The molecule has 0 aliphatic rings. The average Bonchev–Trinajstić information content (AvgIpc) is 2.55. The van der Waals surface area contributed by atoms with Crippen LogP contribution in [-0.4, -0.2) is 40.3 Å². The SMILES string of the molecule is CS/C(=N\C(=O)OC(C)(C)C)NN(C(N)=O)C(=O)OCc1ccccc1. The highest BCUT2D eigenvalue weighted by Crippen LogP contribution is 2.09. The predicted molar refractivity (Wildman–Crippen MR) is 98.4 cm³/mol. The maximum absolute atomic E-state index is 12.1. The van der Waals surface area contributed by atoms with E-state index in [-0.39, 0.29) is 11.8 Å². The van der Waals surface area contributed by atoms with Gasteiger partial charge in [0.15, 0.2) is 5.17 Å². The predicted octanol–water partition coefficient (Wildman–Crippen LogP) is 2.86. The molecule has 1 rings (SSSR count). The summed E-state index contributed by atoms with van der Waals surface area (Å²) >= 11 is 0.983. The van der Waals surface area contributed by atoms with E-state index in [1.807, 2.05) is 6.07 Å². The van der Waals surface area contributed by atoms with E-state index < -0.39 is 23.8 Å². The summed E-state index contributed by atoms with van der Waals surface area (Å²) in [6, 6.07) is 7.78. The first-order valence-electron chi connectivity index (χ1n) is 7.55. The number of rotatable bonds is 2. The van der Waals surface area contributed by atoms with Gasteiger partial charge >= 0.3 is 18.2 Å². The molecule has 10 heteroatoms. The van der Waals surface area contributed by atoms with Gasteiger partial charge in [0.2, 0.25) is 0 Å². The van der Waals surface area contributed by atoms with Gasteiger partial charge in [-0.15, -0.1) is 10.0 Å². The number of thioether (sulfide) groups is 1. The summed E-state index contributed by atoms with van der Waals surface area (Å²) in [6.45, 7) is 5.00. The molecule has 0 atom stereocenters. The van der Waals surface area contributed by atoms with Crippen LogP contribution in [0.15, 0.2) is 35.3 Å². The largest absolute Gasteiger partial charge is 0.443 e. The van der Waals surface area contributed by atoms with Crippen molar-refractivity contribution in [3.05, 3.63) is 35.9 Å². The average molecular weight is 382 g/mol. The highest BCUT2D eigenvalue weighted by Gasteiger charge is 2.23. The topological polar surface area (TPSA) is 123 Å². The van der Waals surface area contributed by atoms with E-state index in [2.05, 4.69) is 10.4 Å². The summed E-state index contributed by atoms with van der Waals surface area (Å²) in [5, 5.41) is 0.359. The van der Waals surface area contributed by atoms with Crippen molar-refractivity contribution in [3.63, 3.8) is 0 Å². The molecule has 3 N–H and O–H groups in total. The fourth-order valence-electron chi connectivity index (χ4n) is 1.55. The molecule has 0 saturated heterocycles. The Morgan fingerprint density at radius 2 is 1.85 bits per heavy atom. The number of ether oxygens (including phenoxy) is 2. The summed E-state index contributed by atoms with van der Waals surface area (Å²) in [5.74, 6) is 0. The molecule has 0 aromatic heterocycles. The number of nitrogens with one attached hydrogen (secondary N) is 1. The van der Waals surface area contributed by atoms with Crippen LogP contribution in [-0.2, 0) is 16.1 Å². The number of amides is 4. The van der Waals surface area contributed by atoms with Crippen LogP contribution in [0.3, 0.4) is 0 Å². The molecule has 0 bridgehead atoms. The minimum Gasteiger partial charge on any atom is -0.443 e. The lowest BCUT2D eigenvalue weighted by molar-refractivity contribution is 0.0601. The van der Waals surface area contributed by atoms with E-state index in [9.17, 15) is 14.4 Å². The van der Waals surface area contributed by atoms with Gasteiger partial charge in [0.05, 0.1) is 0 Å². The lowest BCUT2D eigenvalue weighted by Crippen LogP contribution is -2.51. The first-order valence-corrected chi connectivity index (χ1v) is 8.77. The van der Waals surface area contributed by atoms with E-state index in [0.717, 1.165) is 17.3 Å². The number of aliphatic imine (C=N–C) groups is 1. The molecule has 0 aliphatic heterocycles. The van der Waals surface area contributed by atoms with Crippen molar-refractivity contribution in [1.82, 2.24) is 10.4 Å². The van der Waals surface area contributed by atoms with Crippen molar-refractivity contribution < 1.29 is 23.9 Å². The van der Waals surface area contributed by atoms with Gasteiger partial charge in [-0.2, -0.15) is 0 Å². The zero-order chi connectivity index (χ0) is 19.7. The fraction of sp³-hybridized carbons (Fsp3) is 0.375. The van der Waals surface area contributed by atoms with Crippen LogP contribution < -0.4 is 11.2 Å². The van der Waals surface area contributed by atoms with Crippen LogP contribution in [0.5, 0.6) is 0 Å². The van der Waals surface area contributed by atoms with Crippen LogP contribution in [0.4, 0.5) is 14.4 Å². The van der Waals surface area contributed by atoms with E-state index >= 15 is 0 Å². The summed E-state index contributed by atoms with van der Waals surface area (Å²) in [7, 11) is 0. The van der Waals surface area contributed by atoms with Gasteiger partial charge in [-0.3, -0.25) is 5.43 Å². The number of primary amides is 1. The van der Waals surface area contributed by atoms with Gasteiger partial charge < -0.3 is 15.2 Å². The molecule has 0 heterocycles. The molecule has 0 spiro atoms. The van der Waals surface area contributed by atoms with Gasteiger partial charge in [-0.25, -0.2) is 14.4 Å². The number of benzene rings is 1. The number of urea groups is 1. The second-order valence-electron chi connectivity index (χ2n) is 5.93. The van der Waals surface area contributed by atoms with Crippen molar-refractivity contribution in [2.24, 2.45) is 10.7 Å². The van der Waals surface area contributed by atoms with Gasteiger partial charge in [0, 0.05) is 0 Å². The second-order valence-corrected chi connectivity index (χ2v) is 6.72. The summed E-state index contributed by atoms with van der Waals surface area (Å²) < 4.78 is 10.1. The fourth-order valence-corrected chi connectivity index (χ4v) is 1.90. The number of hydrogen-bond acceptors (Lipinski definition) is 6. The van der Waals surface area contributed by atoms with E-state index in [0.29, 0.717) is 5.01 Å². The third-order valence-corrected chi connectivity index (χ3v) is 3.16. The summed E-state index contributed by atoms with van der Waals surface area (Å²) in [6.07, 6.45) is -0.325. The van der Waals surface area contributed by atoms with Crippen molar-refractivity contribution in [3.8, 4) is 0 Å². The van der Waals surface area contributed by atoms with Gasteiger partial charge in [0.1, 0.15) is 12.2 Å². The van der Waals surface area contributed by atoms with E-state index in [1.54, 1.807) is 51.3 Å². The third kappa shape index (κ3) is 7.88. The maximum atomic E-state index is 12.1. The Labute approximate surface area is 155 Å². The number of imide groups is 1. The zero-order valence-corrected chi connectivity index (χ0v) is 15.8. The molecule has 9 nitrogen and oxygen atoms in total. The van der Waals surface area contributed by atoms with Crippen LogP contribution >= 0.6 is 11.8 Å². The minimum absolute atomic E-state index is 0.0526. The quantitative estimate of drug-likeness (QED) is 0.458. The molecule has 1 aromatic rings. The number of hydrazine groups is 1. The van der Waals surface area contributed by atoms with Crippen LogP contribution in [0, 0.1) is 0 Å². The summed E-state index contributed by atoms with van der Waals surface area (Å²) in [4.78, 5) is 39.0.